The fourth-order valence-electron chi connectivity index (χ4n) is 3.77. The lowest BCUT2D eigenvalue weighted by Crippen LogP contribution is -1.98. The molecule has 162 valence electrons. The van der Waals surface area contributed by atoms with Gasteiger partial charge in [0.05, 0.1) is 11.1 Å². The number of hydrogen-bond donors (Lipinski definition) is 2. The van der Waals surface area contributed by atoms with Crippen LogP contribution in [0.25, 0.3) is 33.5 Å². The van der Waals surface area contributed by atoms with E-state index in [-0.39, 0.29) is 5.56 Å². The molecule has 2 N–H and O–H groups in total. The Morgan fingerprint density at radius 3 is 2.21 bits per heavy atom. The van der Waals surface area contributed by atoms with Gasteiger partial charge in [-0.25, -0.2) is 9.78 Å². The number of pyridine rings is 1. The van der Waals surface area contributed by atoms with E-state index in [2.05, 4.69) is 15.0 Å². The van der Waals surface area contributed by atoms with Crippen LogP contribution in [0.3, 0.4) is 0 Å². The van der Waals surface area contributed by atoms with Crippen molar-refractivity contribution in [2.75, 3.05) is 0 Å². The van der Waals surface area contributed by atoms with Crippen LogP contribution in [0.1, 0.15) is 21.5 Å². The number of nitrogens with one attached hydrogen (secondary N) is 1. The Morgan fingerprint density at radius 2 is 1.55 bits per heavy atom. The number of aromatic amines is 1. The summed E-state index contributed by atoms with van der Waals surface area (Å²) in [5.74, 6) is 0.466. The first-order chi connectivity index (χ1) is 16.1. The monoisotopic (exact) mass is 435 g/mol. The number of aromatic carboxylic acids is 1. The second kappa shape index (κ2) is 8.59. The van der Waals surface area contributed by atoms with E-state index in [0.29, 0.717) is 23.5 Å². The Labute approximate surface area is 190 Å². The molecule has 0 aliphatic rings. The van der Waals surface area contributed by atoms with Crippen molar-refractivity contribution in [3.05, 3.63) is 102 Å². The smallest absolute Gasteiger partial charge is 0.337 e. The molecule has 3 aromatic carbocycles. The van der Waals surface area contributed by atoms with Gasteiger partial charge in [-0.2, -0.15) is 0 Å². The van der Waals surface area contributed by atoms with E-state index in [1.807, 2.05) is 73.7 Å². The van der Waals surface area contributed by atoms with Crippen LogP contribution in [-0.2, 0) is 6.61 Å². The number of rotatable bonds is 6. The summed E-state index contributed by atoms with van der Waals surface area (Å²) >= 11 is 0. The van der Waals surface area contributed by atoms with Crippen LogP contribution < -0.4 is 4.74 Å². The molecule has 0 saturated heterocycles. The fraction of sp³-hybridized carbons (Fsp3) is 0.0741. The molecule has 0 spiro atoms. The number of carbonyl (C=O) groups is 1. The minimum absolute atomic E-state index is 0.204. The fourth-order valence-corrected chi connectivity index (χ4v) is 3.77. The zero-order chi connectivity index (χ0) is 22.8. The zero-order valence-electron chi connectivity index (χ0n) is 17.9. The van der Waals surface area contributed by atoms with E-state index in [9.17, 15) is 9.90 Å². The van der Waals surface area contributed by atoms with Gasteiger partial charge in [0.1, 0.15) is 23.7 Å². The maximum atomic E-state index is 11.6. The lowest BCUT2D eigenvalue weighted by atomic mass is 10.0. The predicted octanol–water partition coefficient (Wildman–Crippen LogP) is 5.88. The third-order valence-corrected chi connectivity index (χ3v) is 5.46. The summed E-state index contributed by atoms with van der Waals surface area (Å²) in [6, 6.07) is 23.4. The first kappa shape index (κ1) is 20.5. The number of carboxylic acids is 1. The van der Waals surface area contributed by atoms with Crippen molar-refractivity contribution >= 4 is 17.0 Å². The highest BCUT2D eigenvalue weighted by Gasteiger charge is 2.14. The van der Waals surface area contributed by atoms with Gasteiger partial charge in [-0.15, -0.1) is 0 Å². The van der Waals surface area contributed by atoms with Crippen molar-refractivity contribution in [3.8, 4) is 28.3 Å². The molecule has 5 rings (SSSR count). The second-order valence-electron chi connectivity index (χ2n) is 7.85. The first-order valence-electron chi connectivity index (χ1n) is 10.5. The van der Waals surface area contributed by atoms with Crippen LogP contribution in [0, 0.1) is 6.92 Å². The maximum Gasteiger partial charge on any atom is 0.337 e. The summed E-state index contributed by atoms with van der Waals surface area (Å²) in [5.41, 5.74) is 6.36. The Bertz CT molecular complexity index is 1420. The van der Waals surface area contributed by atoms with Crippen LogP contribution in [0.4, 0.5) is 0 Å². The summed E-state index contributed by atoms with van der Waals surface area (Å²) in [6.45, 7) is 2.37. The summed E-state index contributed by atoms with van der Waals surface area (Å²) in [4.78, 5) is 23.4. The minimum atomic E-state index is -0.981. The molecule has 0 atom stereocenters. The standard InChI is InChI=1S/C27H21N3O3/c1-17-14-23(27(31)32)25-24(15-17)29-26(30-25)21-4-2-19(3-5-21)20-6-8-22(9-7-20)33-16-18-10-12-28-13-11-18/h2-15H,16H2,1H3,(H,29,30)(H,31,32). The summed E-state index contributed by atoms with van der Waals surface area (Å²) in [6.07, 6.45) is 3.51. The van der Waals surface area contributed by atoms with E-state index in [0.717, 1.165) is 33.6 Å². The molecule has 0 unspecified atom stereocenters. The summed E-state index contributed by atoms with van der Waals surface area (Å²) in [7, 11) is 0. The number of H-pyrrole nitrogens is 1. The highest BCUT2D eigenvalue weighted by molar-refractivity contribution is 6.02. The van der Waals surface area contributed by atoms with Crippen molar-refractivity contribution in [3.63, 3.8) is 0 Å². The number of nitrogens with zero attached hydrogens (tertiary/aromatic N) is 2. The van der Waals surface area contributed by atoms with Crippen molar-refractivity contribution < 1.29 is 14.6 Å². The normalized spacial score (nSPS) is 10.9. The molecular weight excluding hydrogens is 414 g/mol. The number of benzene rings is 3. The van der Waals surface area contributed by atoms with Gasteiger partial charge >= 0.3 is 5.97 Å². The highest BCUT2D eigenvalue weighted by atomic mass is 16.5. The zero-order valence-corrected chi connectivity index (χ0v) is 17.9. The van der Waals surface area contributed by atoms with Gasteiger partial charge in [0.2, 0.25) is 0 Å². The topological polar surface area (TPSA) is 88.1 Å². The van der Waals surface area contributed by atoms with Crippen LogP contribution in [0.2, 0.25) is 0 Å². The highest BCUT2D eigenvalue weighted by Crippen LogP contribution is 2.28. The van der Waals surface area contributed by atoms with E-state index in [1.165, 1.54) is 0 Å². The molecule has 0 aliphatic carbocycles. The van der Waals surface area contributed by atoms with Crippen LogP contribution in [0.5, 0.6) is 5.75 Å². The number of aryl methyl sites for hydroxylation is 1. The van der Waals surface area contributed by atoms with Crippen molar-refractivity contribution in [1.29, 1.82) is 0 Å². The number of imidazole rings is 1. The van der Waals surface area contributed by atoms with Crippen molar-refractivity contribution in [2.24, 2.45) is 0 Å². The van der Waals surface area contributed by atoms with E-state index < -0.39 is 5.97 Å². The van der Waals surface area contributed by atoms with Gasteiger partial charge in [0, 0.05) is 18.0 Å². The molecule has 0 amide bonds. The van der Waals surface area contributed by atoms with Crippen LogP contribution in [-0.4, -0.2) is 26.0 Å². The molecule has 6 heteroatoms. The minimum Gasteiger partial charge on any atom is -0.489 e. The third kappa shape index (κ3) is 4.32. The number of ether oxygens (including phenoxy) is 1. The molecule has 0 bridgehead atoms. The predicted molar refractivity (Wildman–Crippen MR) is 127 cm³/mol. The third-order valence-electron chi connectivity index (χ3n) is 5.46. The van der Waals surface area contributed by atoms with Gasteiger partial charge in [0.25, 0.3) is 0 Å². The van der Waals surface area contributed by atoms with Gasteiger partial charge in [0.15, 0.2) is 0 Å². The van der Waals surface area contributed by atoms with Crippen LogP contribution in [0.15, 0.2) is 85.2 Å². The number of carboxylic acid groups (broad SMARTS) is 1. The Kier molecular flexibility index (Phi) is 5.32. The molecule has 6 nitrogen and oxygen atoms in total. The van der Waals surface area contributed by atoms with Gasteiger partial charge in [-0.1, -0.05) is 36.4 Å². The van der Waals surface area contributed by atoms with Crippen molar-refractivity contribution in [2.45, 2.75) is 13.5 Å². The van der Waals surface area contributed by atoms with Gasteiger partial charge < -0.3 is 14.8 Å². The van der Waals surface area contributed by atoms with Crippen LogP contribution >= 0.6 is 0 Å². The largest absolute Gasteiger partial charge is 0.489 e. The number of hydrogen-bond acceptors (Lipinski definition) is 4. The number of aromatic nitrogens is 3. The molecule has 0 fully saturated rings. The van der Waals surface area contributed by atoms with E-state index in [4.69, 9.17) is 4.74 Å². The lowest BCUT2D eigenvalue weighted by molar-refractivity contribution is 0.0698. The number of fused-ring (bicyclic) bond motifs is 1. The summed E-state index contributed by atoms with van der Waals surface area (Å²) in [5, 5.41) is 9.50. The molecule has 5 aromatic rings. The molecule has 0 aliphatic heterocycles. The lowest BCUT2D eigenvalue weighted by Gasteiger charge is -2.08. The van der Waals surface area contributed by atoms with Gasteiger partial charge in [-0.05, 0) is 65.6 Å². The SMILES string of the molecule is Cc1cc(C(=O)O)c2nc(-c3ccc(-c4ccc(OCc5ccncc5)cc4)cc3)[nH]c2c1. The average molecular weight is 435 g/mol. The van der Waals surface area contributed by atoms with E-state index in [1.54, 1.807) is 18.5 Å². The quantitative estimate of drug-likeness (QED) is 0.348. The first-order valence-corrected chi connectivity index (χ1v) is 10.5. The van der Waals surface area contributed by atoms with Gasteiger partial charge in [-0.3, -0.25) is 4.98 Å². The second-order valence-corrected chi connectivity index (χ2v) is 7.85. The molecule has 0 saturated carbocycles. The Balaban J connectivity index is 1.34. The molecule has 2 heterocycles. The van der Waals surface area contributed by atoms with E-state index >= 15 is 0 Å². The molecule has 0 radical (unpaired) electrons. The Morgan fingerprint density at radius 1 is 0.909 bits per heavy atom. The average Bonchev–Trinajstić information content (AvgIpc) is 3.27. The molecule has 2 aromatic heterocycles. The maximum absolute atomic E-state index is 11.6. The molecule has 33 heavy (non-hydrogen) atoms. The summed E-state index contributed by atoms with van der Waals surface area (Å²) < 4.78 is 5.84. The molecular formula is C27H21N3O3. The Hall–Kier alpha value is -4.45. The van der Waals surface area contributed by atoms with Crippen molar-refractivity contribution in [1.82, 2.24) is 15.0 Å².